The summed E-state index contributed by atoms with van der Waals surface area (Å²) < 4.78 is 30.3. The first kappa shape index (κ1) is 16.3. The summed E-state index contributed by atoms with van der Waals surface area (Å²) in [7, 11) is -0.609. The minimum absolute atomic E-state index is 0.347. The summed E-state index contributed by atoms with van der Waals surface area (Å²) in [5.41, 5.74) is 0.405. The van der Waals surface area contributed by atoms with Crippen LogP contribution in [-0.4, -0.2) is 40.8 Å². The average molecular weight is 300 g/mol. The number of nitrogens with one attached hydrogen (secondary N) is 1. The molecule has 20 heavy (non-hydrogen) atoms. The lowest BCUT2D eigenvalue weighted by Gasteiger charge is -2.29. The molecule has 0 heterocycles. The maximum absolute atomic E-state index is 12.1. The van der Waals surface area contributed by atoms with Gasteiger partial charge in [-0.2, -0.15) is 0 Å². The zero-order valence-electron chi connectivity index (χ0n) is 12.1. The molecule has 0 aliphatic carbocycles. The Morgan fingerprint density at radius 1 is 1.45 bits per heavy atom. The van der Waals surface area contributed by atoms with Crippen molar-refractivity contribution in [1.29, 1.82) is 0 Å². The SMILES string of the molecule is CCC(C(=O)NC)N(c1cccc(OC)c1)S(C)(=O)=O. The Labute approximate surface area is 119 Å². The van der Waals surface area contributed by atoms with E-state index in [2.05, 4.69) is 5.32 Å². The monoisotopic (exact) mass is 300 g/mol. The standard InChI is InChI=1S/C13H20N2O4S/c1-5-12(13(16)14-2)15(20(4,17)18)10-7-6-8-11(9-10)19-3/h6-9,12H,5H2,1-4H3,(H,14,16). The third-order valence-corrected chi connectivity index (χ3v) is 4.06. The summed E-state index contributed by atoms with van der Waals surface area (Å²) in [6.07, 6.45) is 1.45. The predicted octanol–water partition coefficient (Wildman–Crippen LogP) is 0.986. The second-order valence-corrected chi connectivity index (χ2v) is 6.16. The van der Waals surface area contributed by atoms with E-state index in [9.17, 15) is 13.2 Å². The van der Waals surface area contributed by atoms with Crippen molar-refractivity contribution in [2.45, 2.75) is 19.4 Å². The van der Waals surface area contributed by atoms with Gasteiger partial charge in [-0.25, -0.2) is 8.42 Å². The molecule has 1 rings (SSSR count). The van der Waals surface area contributed by atoms with Crippen molar-refractivity contribution in [3.63, 3.8) is 0 Å². The van der Waals surface area contributed by atoms with Crippen molar-refractivity contribution in [2.24, 2.45) is 0 Å². The van der Waals surface area contributed by atoms with E-state index in [0.29, 0.717) is 17.9 Å². The topological polar surface area (TPSA) is 75.7 Å². The normalized spacial score (nSPS) is 12.6. The summed E-state index contributed by atoms with van der Waals surface area (Å²) >= 11 is 0. The number of ether oxygens (including phenoxy) is 1. The Balaban J connectivity index is 3.35. The van der Waals surface area contributed by atoms with Crippen LogP contribution in [0.25, 0.3) is 0 Å². The van der Waals surface area contributed by atoms with E-state index in [1.54, 1.807) is 31.2 Å². The van der Waals surface area contributed by atoms with E-state index in [-0.39, 0.29) is 5.91 Å². The minimum Gasteiger partial charge on any atom is -0.497 e. The fraction of sp³-hybridized carbons (Fsp3) is 0.462. The first-order valence-corrected chi connectivity index (χ1v) is 8.05. The first-order valence-electron chi connectivity index (χ1n) is 6.20. The number of benzene rings is 1. The van der Waals surface area contributed by atoms with Crippen LogP contribution < -0.4 is 14.4 Å². The van der Waals surface area contributed by atoms with E-state index >= 15 is 0 Å². The molecule has 7 heteroatoms. The largest absolute Gasteiger partial charge is 0.497 e. The number of nitrogens with zero attached hydrogens (tertiary/aromatic N) is 1. The van der Waals surface area contributed by atoms with E-state index in [1.807, 2.05) is 0 Å². The molecule has 1 aromatic carbocycles. The molecule has 0 spiro atoms. The van der Waals surface area contributed by atoms with Gasteiger partial charge in [-0.05, 0) is 18.6 Å². The quantitative estimate of drug-likeness (QED) is 0.850. The smallest absolute Gasteiger partial charge is 0.243 e. The van der Waals surface area contributed by atoms with Gasteiger partial charge >= 0.3 is 0 Å². The van der Waals surface area contributed by atoms with Gasteiger partial charge in [-0.3, -0.25) is 9.10 Å². The lowest BCUT2D eigenvalue weighted by molar-refractivity contribution is -0.121. The molecule has 0 radical (unpaired) electrons. The lowest BCUT2D eigenvalue weighted by Crippen LogP contribution is -2.48. The average Bonchev–Trinajstić information content (AvgIpc) is 2.42. The second kappa shape index (κ2) is 6.60. The van der Waals surface area contributed by atoms with Crippen molar-refractivity contribution >= 4 is 21.6 Å². The molecule has 0 aliphatic rings. The molecular weight excluding hydrogens is 280 g/mol. The third kappa shape index (κ3) is 3.63. The van der Waals surface area contributed by atoms with Crippen LogP contribution in [0, 0.1) is 0 Å². The molecule has 1 atom stereocenters. The molecule has 0 saturated heterocycles. The number of amides is 1. The van der Waals surface area contributed by atoms with Crippen molar-refractivity contribution in [3.05, 3.63) is 24.3 Å². The number of rotatable bonds is 6. The fourth-order valence-electron chi connectivity index (χ4n) is 1.97. The van der Waals surface area contributed by atoms with Crippen LogP contribution >= 0.6 is 0 Å². The summed E-state index contributed by atoms with van der Waals surface area (Å²) in [5, 5.41) is 2.49. The summed E-state index contributed by atoms with van der Waals surface area (Å²) in [6, 6.07) is 5.83. The van der Waals surface area contributed by atoms with Gasteiger partial charge in [-0.1, -0.05) is 13.0 Å². The molecule has 1 aromatic rings. The summed E-state index contributed by atoms with van der Waals surface area (Å²) in [5.74, 6) is 0.184. The Hall–Kier alpha value is -1.76. The predicted molar refractivity (Wildman–Crippen MR) is 78.5 cm³/mol. The van der Waals surface area contributed by atoms with Crippen molar-refractivity contribution in [3.8, 4) is 5.75 Å². The van der Waals surface area contributed by atoms with Gasteiger partial charge in [0.05, 0.1) is 19.1 Å². The number of hydrogen-bond acceptors (Lipinski definition) is 4. The molecule has 0 aromatic heterocycles. The molecule has 1 unspecified atom stereocenters. The fourth-order valence-corrected chi connectivity index (χ4v) is 3.18. The Kier molecular flexibility index (Phi) is 5.38. The highest BCUT2D eigenvalue weighted by molar-refractivity contribution is 7.92. The van der Waals surface area contributed by atoms with Crippen LogP contribution in [0.5, 0.6) is 5.75 Å². The van der Waals surface area contributed by atoms with Crippen LogP contribution in [0.4, 0.5) is 5.69 Å². The number of hydrogen-bond donors (Lipinski definition) is 1. The molecule has 0 fully saturated rings. The lowest BCUT2D eigenvalue weighted by atomic mass is 10.2. The molecule has 6 nitrogen and oxygen atoms in total. The highest BCUT2D eigenvalue weighted by atomic mass is 32.2. The minimum atomic E-state index is -3.59. The van der Waals surface area contributed by atoms with Crippen molar-refractivity contribution < 1.29 is 17.9 Å². The van der Waals surface area contributed by atoms with Gasteiger partial charge in [0.2, 0.25) is 15.9 Å². The third-order valence-electron chi connectivity index (χ3n) is 2.88. The van der Waals surface area contributed by atoms with E-state index in [1.165, 1.54) is 14.2 Å². The Morgan fingerprint density at radius 2 is 2.10 bits per heavy atom. The number of anilines is 1. The molecule has 0 bridgehead atoms. The maximum atomic E-state index is 12.1. The first-order chi connectivity index (χ1) is 9.35. The van der Waals surface area contributed by atoms with Gasteiger partial charge < -0.3 is 10.1 Å². The van der Waals surface area contributed by atoms with Gasteiger partial charge in [0.25, 0.3) is 0 Å². The maximum Gasteiger partial charge on any atom is 0.243 e. The van der Waals surface area contributed by atoms with Crippen LogP contribution in [0.2, 0.25) is 0 Å². The van der Waals surface area contributed by atoms with Crippen LogP contribution in [-0.2, 0) is 14.8 Å². The van der Waals surface area contributed by atoms with Crippen LogP contribution in [0.1, 0.15) is 13.3 Å². The molecular formula is C13H20N2O4S. The number of likely N-dealkylation sites (N-methyl/N-ethyl adjacent to an activating group) is 1. The number of sulfonamides is 1. The van der Waals surface area contributed by atoms with Crippen LogP contribution in [0.15, 0.2) is 24.3 Å². The Bertz CT molecular complexity index is 571. The summed E-state index contributed by atoms with van der Waals surface area (Å²) in [6.45, 7) is 1.76. The number of carbonyl (C=O) groups excluding carboxylic acids is 1. The van der Waals surface area contributed by atoms with Crippen molar-refractivity contribution in [1.82, 2.24) is 5.32 Å². The van der Waals surface area contributed by atoms with Gasteiger partial charge in [-0.15, -0.1) is 0 Å². The van der Waals surface area contributed by atoms with Gasteiger partial charge in [0.15, 0.2) is 0 Å². The molecule has 1 amide bonds. The van der Waals surface area contributed by atoms with E-state index in [4.69, 9.17) is 4.74 Å². The Morgan fingerprint density at radius 3 is 2.55 bits per heavy atom. The number of carbonyl (C=O) groups is 1. The van der Waals surface area contributed by atoms with Crippen LogP contribution in [0.3, 0.4) is 0 Å². The van der Waals surface area contributed by atoms with Gasteiger partial charge in [0, 0.05) is 13.1 Å². The zero-order chi connectivity index (χ0) is 15.3. The summed E-state index contributed by atoms with van der Waals surface area (Å²) in [4.78, 5) is 11.9. The molecule has 0 aliphatic heterocycles. The highest BCUT2D eigenvalue weighted by Crippen LogP contribution is 2.26. The van der Waals surface area contributed by atoms with E-state index in [0.717, 1.165) is 10.6 Å². The number of methoxy groups -OCH3 is 1. The zero-order valence-corrected chi connectivity index (χ0v) is 12.9. The van der Waals surface area contributed by atoms with Gasteiger partial charge in [0.1, 0.15) is 11.8 Å². The second-order valence-electron chi connectivity index (χ2n) is 4.30. The molecule has 1 N–H and O–H groups in total. The highest BCUT2D eigenvalue weighted by Gasteiger charge is 2.30. The van der Waals surface area contributed by atoms with Crippen molar-refractivity contribution in [2.75, 3.05) is 24.7 Å². The van der Waals surface area contributed by atoms with E-state index < -0.39 is 16.1 Å². The molecule has 112 valence electrons. The molecule has 0 saturated carbocycles.